The Morgan fingerprint density at radius 1 is 1.14 bits per heavy atom. The van der Waals surface area contributed by atoms with E-state index in [1.807, 2.05) is 6.92 Å². The number of nitrogens with one attached hydrogen (secondary N) is 2. The zero-order valence-corrected chi connectivity index (χ0v) is 9.73. The fourth-order valence-corrected chi connectivity index (χ4v) is 1.17. The van der Waals surface area contributed by atoms with Crippen LogP contribution < -0.4 is 10.6 Å². The van der Waals surface area contributed by atoms with Crippen molar-refractivity contribution in [2.75, 3.05) is 13.1 Å². The van der Waals surface area contributed by atoms with Crippen LogP contribution in [0.5, 0.6) is 0 Å². The molecule has 0 saturated heterocycles. The van der Waals surface area contributed by atoms with Crippen molar-refractivity contribution < 1.29 is 4.79 Å². The van der Waals surface area contributed by atoms with E-state index in [2.05, 4.69) is 24.5 Å². The molecular formula is C11H24N2O. The van der Waals surface area contributed by atoms with E-state index >= 15 is 0 Å². The molecule has 0 atom stereocenters. The summed E-state index contributed by atoms with van der Waals surface area (Å²) >= 11 is 0. The second-order valence-electron chi connectivity index (χ2n) is 3.87. The van der Waals surface area contributed by atoms with E-state index in [9.17, 15) is 4.79 Å². The van der Waals surface area contributed by atoms with Gasteiger partial charge in [-0.1, -0.05) is 27.2 Å². The van der Waals surface area contributed by atoms with Gasteiger partial charge >= 0.3 is 0 Å². The minimum absolute atomic E-state index is 0.158. The molecule has 1 amide bonds. The molecule has 0 heterocycles. The Kier molecular flexibility index (Phi) is 8.64. The molecule has 84 valence electrons. The molecule has 0 aliphatic heterocycles. The van der Waals surface area contributed by atoms with Crippen molar-refractivity contribution in [2.24, 2.45) is 0 Å². The second kappa shape index (κ2) is 9.00. The number of rotatable bonds is 8. The lowest BCUT2D eigenvalue weighted by atomic mass is 10.2. The molecule has 0 rings (SSSR count). The van der Waals surface area contributed by atoms with E-state index in [1.165, 1.54) is 12.8 Å². The molecule has 0 aromatic heterocycles. The smallest absolute Gasteiger partial charge is 0.219 e. The molecular weight excluding hydrogens is 176 g/mol. The summed E-state index contributed by atoms with van der Waals surface area (Å²) in [5.41, 5.74) is 0. The highest BCUT2D eigenvalue weighted by molar-refractivity contribution is 5.75. The Hall–Kier alpha value is -0.570. The molecule has 3 heteroatoms. The SMILES string of the molecule is CCC(=O)NCCCCCNC(C)C. The lowest BCUT2D eigenvalue weighted by Gasteiger charge is -2.07. The summed E-state index contributed by atoms with van der Waals surface area (Å²) in [6, 6.07) is 0.579. The van der Waals surface area contributed by atoms with E-state index < -0.39 is 0 Å². The van der Waals surface area contributed by atoms with Crippen LogP contribution in [-0.4, -0.2) is 25.0 Å². The summed E-state index contributed by atoms with van der Waals surface area (Å²) in [6.45, 7) is 8.10. The van der Waals surface area contributed by atoms with Crippen molar-refractivity contribution in [1.29, 1.82) is 0 Å². The standard InChI is InChI=1S/C11H24N2O/c1-4-11(14)13-9-7-5-6-8-12-10(2)3/h10,12H,4-9H2,1-3H3,(H,13,14). The van der Waals surface area contributed by atoms with Crippen molar-refractivity contribution in [3.8, 4) is 0 Å². The van der Waals surface area contributed by atoms with Gasteiger partial charge in [-0.05, 0) is 19.4 Å². The summed E-state index contributed by atoms with van der Waals surface area (Å²) in [5.74, 6) is 0.158. The molecule has 0 aliphatic rings. The van der Waals surface area contributed by atoms with Crippen LogP contribution in [0.25, 0.3) is 0 Å². The topological polar surface area (TPSA) is 41.1 Å². The maximum Gasteiger partial charge on any atom is 0.219 e. The molecule has 0 saturated carbocycles. The van der Waals surface area contributed by atoms with Gasteiger partial charge in [0.25, 0.3) is 0 Å². The summed E-state index contributed by atoms with van der Waals surface area (Å²) in [6.07, 6.45) is 4.06. The Morgan fingerprint density at radius 3 is 2.36 bits per heavy atom. The second-order valence-corrected chi connectivity index (χ2v) is 3.87. The van der Waals surface area contributed by atoms with Crippen LogP contribution in [0.1, 0.15) is 46.5 Å². The van der Waals surface area contributed by atoms with E-state index in [0.717, 1.165) is 19.5 Å². The van der Waals surface area contributed by atoms with Gasteiger partial charge in [-0.25, -0.2) is 0 Å². The number of carbonyl (C=O) groups excluding carboxylic acids is 1. The number of unbranched alkanes of at least 4 members (excludes halogenated alkanes) is 2. The monoisotopic (exact) mass is 200 g/mol. The highest BCUT2D eigenvalue weighted by Gasteiger charge is 1.95. The quantitative estimate of drug-likeness (QED) is 0.585. The van der Waals surface area contributed by atoms with Gasteiger partial charge in [-0.3, -0.25) is 4.79 Å². The molecule has 0 unspecified atom stereocenters. The van der Waals surface area contributed by atoms with Gasteiger partial charge in [0.15, 0.2) is 0 Å². The molecule has 0 bridgehead atoms. The number of carbonyl (C=O) groups is 1. The molecule has 0 aromatic carbocycles. The van der Waals surface area contributed by atoms with Gasteiger partial charge in [0.05, 0.1) is 0 Å². The summed E-state index contributed by atoms with van der Waals surface area (Å²) in [4.78, 5) is 10.9. The first-order valence-electron chi connectivity index (χ1n) is 5.67. The third-order valence-electron chi connectivity index (χ3n) is 2.05. The van der Waals surface area contributed by atoms with E-state index in [4.69, 9.17) is 0 Å². The normalized spacial score (nSPS) is 10.6. The van der Waals surface area contributed by atoms with Crippen LogP contribution in [0.2, 0.25) is 0 Å². The van der Waals surface area contributed by atoms with E-state index in [1.54, 1.807) is 0 Å². The van der Waals surface area contributed by atoms with Gasteiger partial charge in [0, 0.05) is 19.0 Å². The Balaban J connectivity index is 3.03. The maximum absolute atomic E-state index is 10.9. The van der Waals surface area contributed by atoms with Crippen LogP contribution in [-0.2, 0) is 4.79 Å². The van der Waals surface area contributed by atoms with Gasteiger partial charge < -0.3 is 10.6 Å². The van der Waals surface area contributed by atoms with Crippen molar-refractivity contribution in [3.63, 3.8) is 0 Å². The van der Waals surface area contributed by atoms with Crippen LogP contribution in [0.15, 0.2) is 0 Å². The first-order chi connectivity index (χ1) is 6.66. The first-order valence-corrected chi connectivity index (χ1v) is 5.67. The number of amides is 1. The van der Waals surface area contributed by atoms with Gasteiger partial charge in [-0.2, -0.15) is 0 Å². The molecule has 0 radical (unpaired) electrons. The largest absolute Gasteiger partial charge is 0.356 e. The highest BCUT2D eigenvalue weighted by Crippen LogP contribution is 1.93. The molecule has 3 nitrogen and oxygen atoms in total. The highest BCUT2D eigenvalue weighted by atomic mass is 16.1. The zero-order chi connectivity index (χ0) is 10.8. The third-order valence-corrected chi connectivity index (χ3v) is 2.05. The van der Waals surface area contributed by atoms with Crippen molar-refractivity contribution in [3.05, 3.63) is 0 Å². The predicted octanol–water partition coefficient (Wildman–Crippen LogP) is 1.68. The first kappa shape index (κ1) is 13.4. The average molecular weight is 200 g/mol. The average Bonchev–Trinajstić information content (AvgIpc) is 2.15. The lowest BCUT2D eigenvalue weighted by Crippen LogP contribution is -2.25. The van der Waals surface area contributed by atoms with Crippen LogP contribution in [0.3, 0.4) is 0 Å². The van der Waals surface area contributed by atoms with Gasteiger partial charge in [0.1, 0.15) is 0 Å². The molecule has 2 N–H and O–H groups in total. The minimum Gasteiger partial charge on any atom is -0.356 e. The molecule has 14 heavy (non-hydrogen) atoms. The minimum atomic E-state index is 0.158. The third kappa shape index (κ3) is 9.52. The zero-order valence-electron chi connectivity index (χ0n) is 9.73. The molecule has 0 aromatic rings. The molecule has 0 aliphatic carbocycles. The van der Waals surface area contributed by atoms with Gasteiger partial charge in [-0.15, -0.1) is 0 Å². The maximum atomic E-state index is 10.9. The lowest BCUT2D eigenvalue weighted by molar-refractivity contribution is -0.120. The van der Waals surface area contributed by atoms with Crippen LogP contribution in [0.4, 0.5) is 0 Å². The van der Waals surface area contributed by atoms with Crippen LogP contribution in [0, 0.1) is 0 Å². The fourth-order valence-electron chi connectivity index (χ4n) is 1.17. The van der Waals surface area contributed by atoms with Crippen molar-refractivity contribution in [1.82, 2.24) is 10.6 Å². The van der Waals surface area contributed by atoms with E-state index in [-0.39, 0.29) is 5.91 Å². The summed E-state index contributed by atoms with van der Waals surface area (Å²) in [5, 5.41) is 6.24. The number of hydrogen-bond acceptors (Lipinski definition) is 2. The van der Waals surface area contributed by atoms with Gasteiger partial charge in [0.2, 0.25) is 5.91 Å². The molecule has 0 fully saturated rings. The predicted molar refractivity (Wildman–Crippen MR) is 60.3 cm³/mol. The van der Waals surface area contributed by atoms with Crippen molar-refractivity contribution in [2.45, 2.75) is 52.5 Å². The van der Waals surface area contributed by atoms with E-state index in [0.29, 0.717) is 12.5 Å². The van der Waals surface area contributed by atoms with Crippen LogP contribution >= 0.6 is 0 Å². The molecule has 0 spiro atoms. The Bertz CT molecular complexity index is 146. The fraction of sp³-hybridized carbons (Fsp3) is 0.909. The Labute approximate surface area is 87.6 Å². The summed E-state index contributed by atoms with van der Waals surface area (Å²) in [7, 11) is 0. The number of hydrogen-bond donors (Lipinski definition) is 2. The Morgan fingerprint density at radius 2 is 1.79 bits per heavy atom. The summed E-state index contributed by atoms with van der Waals surface area (Å²) < 4.78 is 0. The van der Waals surface area contributed by atoms with Crippen molar-refractivity contribution >= 4 is 5.91 Å².